The van der Waals surface area contributed by atoms with Crippen molar-refractivity contribution >= 4 is 11.6 Å². The lowest BCUT2D eigenvalue weighted by atomic mass is 10.4. The first-order valence-corrected chi connectivity index (χ1v) is 4.85. The van der Waals surface area contributed by atoms with E-state index in [-0.39, 0.29) is 0 Å². The SMILES string of the molecule is C1=CCN(c2nc3ccccn3n2)C=C1. The molecule has 0 radical (unpaired) electrons. The third-order valence-electron chi connectivity index (χ3n) is 2.30. The highest BCUT2D eigenvalue weighted by atomic mass is 15.4. The van der Waals surface area contributed by atoms with E-state index >= 15 is 0 Å². The zero-order chi connectivity index (χ0) is 10.1. The van der Waals surface area contributed by atoms with Crippen LogP contribution in [0.1, 0.15) is 0 Å². The second-order valence-corrected chi connectivity index (χ2v) is 3.34. The topological polar surface area (TPSA) is 33.4 Å². The maximum atomic E-state index is 4.43. The first-order chi connectivity index (χ1) is 7.43. The standard InChI is InChI=1S/C11H10N4/c1-3-7-14(8-4-1)11-12-10-6-2-5-9-15(10)13-11/h1-7,9H,8H2. The van der Waals surface area contributed by atoms with E-state index in [1.54, 1.807) is 4.52 Å². The van der Waals surface area contributed by atoms with Crippen LogP contribution in [0.2, 0.25) is 0 Å². The number of hydrogen-bond acceptors (Lipinski definition) is 3. The predicted molar refractivity (Wildman–Crippen MR) is 58.6 cm³/mol. The van der Waals surface area contributed by atoms with Gasteiger partial charge in [-0.05, 0) is 18.2 Å². The molecule has 0 fully saturated rings. The highest BCUT2D eigenvalue weighted by Crippen LogP contribution is 2.12. The van der Waals surface area contributed by atoms with Crippen LogP contribution in [0.3, 0.4) is 0 Å². The fourth-order valence-electron chi connectivity index (χ4n) is 1.56. The van der Waals surface area contributed by atoms with Crippen LogP contribution >= 0.6 is 0 Å². The molecule has 15 heavy (non-hydrogen) atoms. The highest BCUT2D eigenvalue weighted by Gasteiger charge is 2.09. The zero-order valence-electron chi connectivity index (χ0n) is 8.11. The molecule has 0 aliphatic carbocycles. The molecule has 0 bridgehead atoms. The summed E-state index contributed by atoms with van der Waals surface area (Å²) in [5.74, 6) is 0.738. The molecule has 0 N–H and O–H groups in total. The molecule has 0 atom stereocenters. The molecule has 0 aromatic carbocycles. The van der Waals surface area contributed by atoms with Crippen LogP contribution < -0.4 is 4.90 Å². The molecule has 0 amide bonds. The molecule has 2 aromatic heterocycles. The van der Waals surface area contributed by atoms with Gasteiger partial charge in [-0.15, -0.1) is 5.10 Å². The van der Waals surface area contributed by atoms with Crippen LogP contribution in [0, 0.1) is 0 Å². The van der Waals surface area contributed by atoms with E-state index < -0.39 is 0 Å². The first-order valence-electron chi connectivity index (χ1n) is 4.85. The molecule has 3 rings (SSSR count). The molecule has 0 saturated carbocycles. The average Bonchev–Trinajstić information content (AvgIpc) is 2.74. The van der Waals surface area contributed by atoms with Gasteiger partial charge in [-0.1, -0.05) is 18.2 Å². The molecule has 1 aliphatic rings. The Kier molecular flexibility index (Phi) is 1.78. The molecule has 1 aliphatic heterocycles. The number of nitrogens with zero attached hydrogens (tertiary/aromatic N) is 4. The summed E-state index contributed by atoms with van der Waals surface area (Å²) in [6.07, 6.45) is 9.96. The maximum absolute atomic E-state index is 4.43. The summed E-state index contributed by atoms with van der Waals surface area (Å²) < 4.78 is 1.78. The molecule has 0 spiro atoms. The normalized spacial score (nSPS) is 15.1. The van der Waals surface area contributed by atoms with Gasteiger partial charge in [0.15, 0.2) is 5.65 Å². The quantitative estimate of drug-likeness (QED) is 0.698. The molecule has 4 nitrogen and oxygen atoms in total. The number of hydrogen-bond donors (Lipinski definition) is 0. The summed E-state index contributed by atoms with van der Waals surface area (Å²) in [6.45, 7) is 0.827. The average molecular weight is 198 g/mol. The molecule has 3 heterocycles. The fraction of sp³-hybridized carbons (Fsp3) is 0.0909. The van der Waals surface area contributed by atoms with E-state index in [0.29, 0.717) is 0 Å². The lowest BCUT2D eigenvalue weighted by Crippen LogP contribution is -2.18. The van der Waals surface area contributed by atoms with E-state index in [4.69, 9.17) is 0 Å². The van der Waals surface area contributed by atoms with Crippen LogP contribution in [0.25, 0.3) is 5.65 Å². The van der Waals surface area contributed by atoms with Crippen molar-refractivity contribution in [3.8, 4) is 0 Å². The second kappa shape index (κ2) is 3.24. The fourth-order valence-corrected chi connectivity index (χ4v) is 1.56. The summed E-state index contributed by atoms with van der Waals surface area (Å²) in [7, 11) is 0. The molecular weight excluding hydrogens is 188 g/mol. The predicted octanol–water partition coefficient (Wildman–Crippen LogP) is 1.62. The summed E-state index contributed by atoms with van der Waals surface area (Å²) >= 11 is 0. The Labute approximate surface area is 87.2 Å². The number of anilines is 1. The van der Waals surface area contributed by atoms with E-state index in [1.165, 1.54) is 0 Å². The van der Waals surface area contributed by atoms with Crippen molar-refractivity contribution in [1.29, 1.82) is 0 Å². The van der Waals surface area contributed by atoms with Gasteiger partial charge in [-0.3, -0.25) is 0 Å². The summed E-state index contributed by atoms with van der Waals surface area (Å²) in [5.41, 5.74) is 0.871. The summed E-state index contributed by atoms with van der Waals surface area (Å²) in [6, 6.07) is 5.84. The molecular formula is C11H10N4. The molecule has 2 aromatic rings. The Balaban J connectivity index is 2.04. The minimum Gasteiger partial charge on any atom is -0.312 e. The largest absolute Gasteiger partial charge is 0.312 e. The minimum absolute atomic E-state index is 0.738. The Morgan fingerprint density at radius 3 is 3.00 bits per heavy atom. The Morgan fingerprint density at radius 1 is 1.20 bits per heavy atom. The van der Waals surface area contributed by atoms with Crippen molar-refractivity contribution in [3.63, 3.8) is 0 Å². The zero-order valence-corrected chi connectivity index (χ0v) is 8.11. The van der Waals surface area contributed by atoms with Crippen LogP contribution in [-0.2, 0) is 0 Å². The van der Waals surface area contributed by atoms with Crippen molar-refractivity contribution in [2.45, 2.75) is 0 Å². The van der Waals surface area contributed by atoms with Gasteiger partial charge in [0.05, 0.1) is 0 Å². The Hall–Kier alpha value is -2.10. The van der Waals surface area contributed by atoms with Crippen molar-refractivity contribution in [1.82, 2.24) is 14.6 Å². The lowest BCUT2D eigenvalue weighted by molar-refractivity contribution is 0.918. The number of fused-ring (bicyclic) bond motifs is 1. The smallest absolute Gasteiger partial charge is 0.249 e. The van der Waals surface area contributed by atoms with Crippen LogP contribution in [-0.4, -0.2) is 21.1 Å². The van der Waals surface area contributed by atoms with Crippen molar-refractivity contribution in [2.24, 2.45) is 0 Å². The number of pyridine rings is 1. The Bertz CT molecular complexity index is 505. The van der Waals surface area contributed by atoms with Crippen LogP contribution in [0.5, 0.6) is 0 Å². The van der Waals surface area contributed by atoms with E-state index in [2.05, 4.69) is 16.2 Å². The third-order valence-corrected chi connectivity index (χ3v) is 2.30. The van der Waals surface area contributed by atoms with Gasteiger partial charge in [0.1, 0.15) is 0 Å². The van der Waals surface area contributed by atoms with Crippen LogP contribution in [0.15, 0.2) is 48.8 Å². The number of rotatable bonds is 1. The first kappa shape index (κ1) is 8.23. The minimum atomic E-state index is 0.738. The van der Waals surface area contributed by atoms with Gasteiger partial charge in [0.2, 0.25) is 5.95 Å². The van der Waals surface area contributed by atoms with Gasteiger partial charge in [-0.2, -0.15) is 4.98 Å². The van der Waals surface area contributed by atoms with Crippen molar-refractivity contribution < 1.29 is 0 Å². The molecule has 0 saturated heterocycles. The molecule has 4 heteroatoms. The van der Waals surface area contributed by atoms with Crippen molar-refractivity contribution in [2.75, 3.05) is 11.4 Å². The third kappa shape index (κ3) is 1.40. The van der Waals surface area contributed by atoms with E-state index in [1.807, 2.05) is 47.6 Å². The van der Waals surface area contributed by atoms with E-state index in [0.717, 1.165) is 18.1 Å². The number of aromatic nitrogens is 3. The maximum Gasteiger partial charge on any atom is 0.249 e. The van der Waals surface area contributed by atoms with Crippen LogP contribution in [0.4, 0.5) is 5.95 Å². The van der Waals surface area contributed by atoms with Gasteiger partial charge in [0, 0.05) is 18.9 Å². The monoisotopic (exact) mass is 198 g/mol. The van der Waals surface area contributed by atoms with Gasteiger partial charge >= 0.3 is 0 Å². The summed E-state index contributed by atoms with van der Waals surface area (Å²) in [4.78, 5) is 6.44. The molecule has 74 valence electrons. The molecule has 0 unspecified atom stereocenters. The Morgan fingerprint density at radius 2 is 2.20 bits per heavy atom. The highest BCUT2D eigenvalue weighted by molar-refractivity contribution is 5.47. The van der Waals surface area contributed by atoms with Gasteiger partial charge < -0.3 is 4.90 Å². The lowest BCUT2D eigenvalue weighted by Gasteiger charge is -2.15. The second-order valence-electron chi connectivity index (χ2n) is 3.34. The van der Waals surface area contributed by atoms with Gasteiger partial charge in [0.25, 0.3) is 0 Å². The van der Waals surface area contributed by atoms with Gasteiger partial charge in [-0.25, -0.2) is 4.52 Å². The summed E-state index contributed by atoms with van der Waals surface area (Å²) in [5, 5.41) is 4.38. The number of allylic oxidation sites excluding steroid dienone is 2. The van der Waals surface area contributed by atoms with Crippen molar-refractivity contribution in [3.05, 3.63) is 48.8 Å². The van der Waals surface area contributed by atoms with E-state index in [9.17, 15) is 0 Å².